The highest BCUT2D eigenvalue weighted by molar-refractivity contribution is 6.29. The number of pyridine rings is 1. The third-order valence-corrected chi connectivity index (χ3v) is 3.48. The molecule has 1 fully saturated rings. The highest BCUT2D eigenvalue weighted by Gasteiger charge is 2.23. The van der Waals surface area contributed by atoms with Crippen molar-refractivity contribution in [2.45, 2.75) is 38.6 Å². The Bertz CT molecular complexity index is 321. The number of halogens is 1. The third-order valence-electron chi connectivity index (χ3n) is 3.26. The van der Waals surface area contributed by atoms with Gasteiger partial charge in [-0.15, -0.1) is 0 Å². The van der Waals surface area contributed by atoms with Gasteiger partial charge >= 0.3 is 0 Å². The second-order valence-electron chi connectivity index (χ2n) is 4.46. The largest absolute Gasteiger partial charge is 0.296 e. The van der Waals surface area contributed by atoms with E-state index in [4.69, 9.17) is 11.6 Å². The molecule has 0 aromatic carbocycles. The zero-order valence-corrected chi connectivity index (χ0v) is 10.6. The van der Waals surface area contributed by atoms with E-state index in [1.807, 2.05) is 12.3 Å². The lowest BCUT2D eigenvalue weighted by molar-refractivity contribution is 0.149. The Morgan fingerprint density at radius 2 is 2.31 bits per heavy atom. The molecular weight excluding hydrogens is 220 g/mol. The first kappa shape index (κ1) is 11.9. The Morgan fingerprint density at radius 3 is 3.00 bits per heavy atom. The lowest BCUT2D eigenvalue weighted by Gasteiger charge is -2.35. The highest BCUT2D eigenvalue weighted by atomic mass is 35.5. The van der Waals surface area contributed by atoms with Gasteiger partial charge in [0, 0.05) is 12.2 Å². The first-order valence-electron chi connectivity index (χ1n) is 6.16. The highest BCUT2D eigenvalue weighted by Crippen LogP contribution is 2.30. The average molecular weight is 239 g/mol. The number of piperidine rings is 1. The van der Waals surface area contributed by atoms with Crippen LogP contribution in [0, 0.1) is 0 Å². The molecule has 1 aliphatic heterocycles. The molecule has 0 amide bonds. The van der Waals surface area contributed by atoms with Crippen LogP contribution in [0.1, 0.15) is 44.2 Å². The van der Waals surface area contributed by atoms with Gasteiger partial charge in [0.1, 0.15) is 5.15 Å². The van der Waals surface area contributed by atoms with Crippen molar-refractivity contribution in [1.29, 1.82) is 0 Å². The van der Waals surface area contributed by atoms with E-state index in [9.17, 15) is 0 Å². The number of nitrogens with zero attached hydrogens (tertiary/aromatic N) is 2. The molecule has 88 valence electrons. The van der Waals surface area contributed by atoms with Gasteiger partial charge in [-0.1, -0.05) is 31.0 Å². The maximum Gasteiger partial charge on any atom is 0.129 e. The monoisotopic (exact) mass is 238 g/mol. The molecule has 0 aliphatic carbocycles. The van der Waals surface area contributed by atoms with Crippen LogP contribution in [0.2, 0.25) is 5.15 Å². The van der Waals surface area contributed by atoms with Crippen LogP contribution < -0.4 is 0 Å². The summed E-state index contributed by atoms with van der Waals surface area (Å²) in [5.74, 6) is 0. The Hall–Kier alpha value is -0.600. The zero-order valence-electron chi connectivity index (χ0n) is 9.82. The SMILES string of the molecule is CCCN1CCCC[C@H]1c1ccc(Cl)nc1. The van der Waals surface area contributed by atoms with E-state index in [2.05, 4.69) is 22.9 Å². The minimum atomic E-state index is 0.554. The van der Waals surface area contributed by atoms with Crippen LogP contribution in [0.3, 0.4) is 0 Å². The summed E-state index contributed by atoms with van der Waals surface area (Å²) in [4.78, 5) is 6.77. The van der Waals surface area contributed by atoms with Crippen molar-refractivity contribution in [3.05, 3.63) is 29.0 Å². The second-order valence-corrected chi connectivity index (χ2v) is 4.85. The molecule has 2 nitrogen and oxygen atoms in total. The third kappa shape index (κ3) is 2.74. The lowest BCUT2D eigenvalue weighted by atomic mass is 9.96. The van der Waals surface area contributed by atoms with Gasteiger partial charge in [0.2, 0.25) is 0 Å². The molecule has 1 aliphatic rings. The lowest BCUT2D eigenvalue weighted by Crippen LogP contribution is -2.34. The Kier molecular flexibility index (Phi) is 4.19. The fraction of sp³-hybridized carbons (Fsp3) is 0.615. The predicted octanol–water partition coefficient (Wildman–Crippen LogP) is 3.67. The van der Waals surface area contributed by atoms with Gasteiger partial charge in [0.05, 0.1) is 0 Å². The fourth-order valence-corrected chi connectivity index (χ4v) is 2.62. The van der Waals surface area contributed by atoms with Crippen molar-refractivity contribution in [2.24, 2.45) is 0 Å². The van der Waals surface area contributed by atoms with Crippen LogP contribution in [0.5, 0.6) is 0 Å². The van der Waals surface area contributed by atoms with Gasteiger partial charge in [-0.05, 0) is 44.0 Å². The molecule has 0 unspecified atom stereocenters. The van der Waals surface area contributed by atoms with Crippen molar-refractivity contribution in [2.75, 3.05) is 13.1 Å². The summed E-state index contributed by atoms with van der Waals surface area (Å²) in [6, 6.07) is 4.57. The van der Waals surface area contributed by atoms with Crippen LogP contribution in [-0.2, 0) is 0 Å². The molecule has 1 saturated heterocycles. The molecule has 0 bridgehead atoms. The predicted molar refractivity (Wildman–Crippen MR) is 67.7 cm³/mol. The van der Waals surface area contributed by atoms with E-state index in [1.165, 1.54) is 44.3 Å². The van der Waals surface area contributed by atoms with E-state index in [0.29, 0.717) is 11.2 Å². The van der Waals surface area contributed by atoms with Gasteiger partial charge in [-0.3, -0.25) is 4.90 Å². The van der Waals surface area contributed by atoms with E-state index in [0.717, 1.165) is 0 Å². The smallest absolute Gasteiger partial charge is 0.129 e. The second kappa shape index (κ2) is 5.65. The molecule has 0 radical (unpaired) electrons. The number of hydrogen-bond acceptors (Lipinski definition) is 2. The number of rotatable bonds is 3. The van der Waals surface area contributed by atoms with Crippen LogP contribution in [0.25, 0.3) is 0 Å². The summed E-state index contributed by atoms with van der Waals surface area (Å²) < 4.78 is 0. The minimum absolute atomic E-state index is 0.554. The van der Waals surface area contributed by atoms with Crippen molar-refractivity contribution < 1.29 is 0 Å². The van der Waals surface area contributed by atoms with E-state index in [1.54, 1.807) is 0 Å². The van der Waals surface area contributed by atoms with E-state index < -0.39 is 0 Å². The molecule has 3 heteroatoms. The number of aromatic nitrogens is 1. The van der Waals surface area contributed by atoms with Crippen molar-refractivity contribution in [1.82, 2.24) is 9.88 Å². The van der Waals surface area contributed by atoms with Crippen LogP contribution in [0.4, 0.5) is 0 Å². The average Bonchev–Trinajstić information content (AvgIpc) is 2.32. The molecule has 16 heavy (non-hydrogen) atoms. The van der Waals surface area contributed by atoms with Crippen molar-refractivity contribution in [3.63, 3.8) is 0 Å². The number of hydrogen-bond donors (Lipinski definition) is 0. The Labute approximate surface area is 103 Å². The number of likely N-dealkylation sites (tertiary alicyclic amines) is 1. The molecule has 0 spiro atoms. The molecule has 2 heterocycles. The standard InChI is InChI=1S/C13H19ClN2/c1-2-8-16-9-4-3-5-12(16)11-6-7-13(14)15-10-11/h6-7,10,12H,2-5,8-9H2,1H3/t12-/m0/s1. The van der Waals surface area contributed by atoms with Crippen LogP contribution in [-0.4, -0.2) is 23.0 Å². The van der Waals surface area contributed by atoms with Gasteiger partial charge < -0.3 is 0 Å². The van der Waals surface area contributed by atoms with Crippen molar-refractivity contribution in [3.8, 4) is 0 Å². The molecule has 1 aromatic rings. The minimum Gasteiger partial charge on any atom is -0.296 e. The molecular formula is C13H19ClN2. The van der Waals surface area contributed by atoms with E-state index in [-0.39, 0.29) is 0 Å². The first-order chi connectivity index (χ1) is 7.81. The van der Waals surface area contributed by atoms with Gasteiger partial charge in [-0.2, -0.15) is 0 Å². The van der Waals surface area contributed by atoms with Gasteiger partial charge in [0.25, 0.3) is 0 Å². The Morgan fingerprint density at radius 1 is 1.44 bits per heavy atom. The van der Waals surface area contributed by atoms with Crippen molar-refractivity contribution >= 4 is 11.6 Å². The zero-order chi connectivity index (χ0) is 11.4. The summed E-state index contributed by atoms with van der Waals surface area (Å²) in [7, 11) is 0. The summed E-state index contributed by atoms with van der Waals surface area (Å²) >= 11 is 5.82. The first-order valence-corrected chi connectivity index (χ1v) is 6.54. The topological polar surface area (TPSA) is 16.1 Å². The normalized spacial score (nSPS) is 22.2. The molecule has 2 rings (SSSR count). The molecule has 0 N–H and O–H groups in total. The molecule has 1 atom stereocenters. The quantitative estimate of drug-likeness (QED) is 0.747. The molecule has 1 aromatic heterocycles. The maximum atomic E-state index is 5.82. The maximum absolute atomic E-state index is 5.82. The van der Waals surface area contributed by atoms with Crippen LogP contribution in [0.15, 0.2) is 18.3 Å². The molecule has 0 saturated carbocycles. The fourth-order valence-electron chi connectivity index (χ4n) is 2.51. The van der Waals surface area contributed by atoms with Gasteiger partial charge in [-0.25, -0.2) is 4.98 Å². The summed E-state index contributed by atoms with van der Waals surface area (Å²) in [6.45, 7) is 4.65. The van der Waals surface area contributed by atoms with Crippen LogP contribution >= 0.6 is 11.6 Å². The summed E-state index contributed by atoms with van der Waals surface area (Å²) in [6.07, 6.45) is 7.06. The Balaban J connectivity index is 2.13. The van der Waals surface area contributed by atoms with E-state index >= 15 is 0 Å². The summed E-state index contributed by atoms with van der Waals surface area (Å²) in [5, 5.41) is 0.585. The summed E-state index contributed by atoms with van der Waals surface area (Å²) in [5.41, 5.74) is 1.32. The van der Waals surface area contributed by atoms with Gasteiger partial charge in [0.15, 0.2) is 0 Å².